The zero-order valence-corrected chi connectivity index (χ0v) is 15.5. The minimum Gasteiger partial charge on any atom is -0.497 e. The van der Waals surface area contributed by atoms with Crippen LogP contribution in [0.15, 0.2) is 48.5 Å². The molecule has 2 aromatic rings. The van der Waals surface area contributed by atoms with Crippen molar-refractivity contribution in [1.82, 2.24) is 4.31 Å². The summed E-state index contributed by atoms with van der Waals surface area (Å²) in [5, 5.41) is 3.01. The number of methoxy groups -OCH3 is 1. The Morgan fingerprint density at radius 2 is 1.80 bits per heavy atom. The average molecular weight is 383 g/mol. The number of hydrogen-bond acceptors (Lipinski definition) is 4. The van der Waals surface area contributed by atoms with Crippen LogP contribution in [0.25, 0.3) is 0 Å². The van der Waals surface area contributed by atoms with E-state index in [1.807, 2.05) is 0 Å². The zero-order valence-electron chi connectivity index (χ0n) is 13.9. The smallest absolute Gasteiger partial charge is 0.239 e. The van der Waals surface area contributed by atoms with Crippen LogP contribution in [0.5, 0.6) is 5.75 Å². The van der Waals surface area contributed by atoms with E-state index in [0.717, 1.165) is 16.1 Å². The maximum Gasteiger partial charge on any atom is 0.239 e. The van der Waals surface area contributed by atoms with Crippen LogP contribution in [0.4, 0.5) is 5.69 Å². The monoisotopic (exact) mass is 382 g/mol. The number of ether oxygens (including phenoxy) is 1. The molecule has 0 saturated carbocycles. The first-order chi connectivity index (χ1) is 11.8. The highest BCUT2D eigenvalue weighted by atomic mass is 35.5. The van der Waals surface area contributed by atoms with Crippen LogP contribution >= 0.6 is 11.6 Å². The molecular formula is C17H19ClN2O4S. The maximum atomic E-state index is 12.2. The topological polar surface area (TPSA) is 75.7 Å². The molecule has 0 heterocycles. The minimum absolute atomic E-state index is 0.0821. The summed E-state index contributed by atoms with van der Waals surface area (Å²) in [6.45, 7) is -0.227. The second-order valence-electron chi connectivity index (χ2n) is 5.41. The lowest BCUT2D eigenvalue weighted by Crippen LogP contribution is -2.36. The van der Waals surface area contributed by atoms with E-state index in [1.54, 1.807) is 55.6 Å². The summed E-state index contributed by atoms with van der Waals surface area (Å²) in [6, 6.07) is 13.7. The van der Waals surface area contributed by atoms with Gasteiger partial charge in [0.1, 0.15) is 5.75 Å². The normalized spacial score (nSPS) is 11.4. The minimum atomic E-state index is -3.57. The van der Waals surface area contributed by atoms with Crippen molar-refractivity contribution in [2.45, 2.75) is 6.54 Å². The number of carbonyl (C=O) groups excluding carboxylic acids is 1. The van der Waals surface area contributed by atoms with Gasteiger partial charge in [0.2, 0.25) is 15.9 Å². The van der Waals surface area contributed by atoms with Crippen LogP contribution in [-0.4, -0.2) is 38.5 Å². The van der Waals surface area contributed by atoms with E-state index in [4.69, 9.17) is 16.3 Å². The molecule has 0 bridgehead atoms. The summed E-state index contributed by atoms with van der Waals surface area (Å²) in [4.78, 5) is 12.2. The Morgan fingerprint density at radius 3 is 2.36 bits per heavy atom. The van der Waals surface area contributed by atoms with Gasteiger partial charge in [-0.05, 0) is 29.8 Å². The van der Waals surface area contributed by atoms with Gasteiger partial charge in [0.05, 0.1) is 30.6 Å². The fourth-order valence-corrected chi connectivity index (χ4v) is 3.06. The van der Waals surface area contributed by atoms with Gasteiger partial charge in [-0.1, -0.05) is 35.9 Å². The van der Waals surface area contributed by atoms with E-state index in [1.165, 1.54) is 0 Å². The van der Waals surface area contributed by atoms with Crippen molar-refractivity contribution in [3.63, 3.8) is 0 Å². The van der Waals surface area contributed by atoms with Crippen LogP contribution in [0.3, 0.4) is 0 Å². The predicted octanol–water partition coefficient (Wildman–Crippen LogP) is 2.75. The number of rotatable bonds is 7. The Morgan fingerprint density at radius 1 is 1.16 bits per heavy atom. The number of benzene rings is 2. The van der Waals surface area contributed by atoms with Crippen molar-refractivity contribution < 1.29 is 17.9 Å². The molecule has 1 N–H and O–H groups in total. The summed E-state index contributed by atoms with van der Waals surface area (Å²) in [5.74, 6) is 0.207. The number of amides is 1. The largest absolute Gasteiger partial charge is 0.497 e. The molecule has 0 spiro atoms. The quantitative estimate of drug-likeness (QED) is 0.798. The highest BCUT2D eigenvalue weighted by Gasteiger charge is 2.21. The van der Waals surface area contributed by atoms with Crippen molar-refractivity contribution in [3.05, 3.63) is 59.1 Å². The predicted molar refractivity (Wildman–Crippen MR) is 98.3 cm³/mol. The molecule has 2 aromatic carbocycles. The Labute approximate surface area is 152 Å². The van der Waals surface area contributed by atoms with E-state index in [0.29, 0.717) is 16.5 Å². The zero-order chi connectivity index (χ0) is 18.4. The number of hydrogen-bond donors (Lipinski definition) is 1. The molecule has 0 saturated heterocycles. The van der Waals surface area contributed by atoms with Gasteiger partial charge >= 0.3 is 0 Å². The second-order valence-corrected chi connectivity index (χ2v) is 7.80. The van der Waals surface area contributed by atoms with Gasteiger partial charge in [0.25, 0.3) is 0 Å². The first kappa shape index (κ1) is 19.2. The first-order valence-electron chi connectivity index (χ1n) is 7.42. The lowest BCUT2D eigenvalue weighted by Gasteiger charge is -2.20. The molecule has 25 heavy (non-hydrogen) atoms. The summed E-state index contributed by atoms with van der Waals surface area (Å²) in [5.41, 5.74) is 1.18. The molecule has 134 valence electrons. The molecule has 0 atom stereocenters. The molecule has 0 aliphatic heterocycles. The third kappa shape index (κ3) is 5.74. The lowest BCUT2D eigenvalue weighted by molar-refractivity contribution is -0.116. The first-order valence-corrected chi connectivity index (χ1v) is 9.64. The van der Waals surface area contributed by atoms with Crippen molar-refractivity contribution in [1.29, 1.82) is 0 Å². The van der Waals surface area contributed by atoms with Crippen molar-refractivity contribution in [2.24, 2.45) is 0 Å². The Kier molecular flexibility index (Phi) is 6.41. The van der Waals surface area contributed by atoms with Gasteiger partial charge in [-0.2, -0.15) is 4.31 Å². The second kappa shape index (κ2) is 8.33. The number of carbonyl (C=O) groups is 1. The SMILES string of the molecule is COc1ccc(CN(CC(=O)Nc2ccccc2Cl)S(C)(=O)=O)cc1. The summed E-state index contributed by atoms with van der Waals surface area (Å²) < 4.78 is 30.2. The fraction of sp³-hybridized carbons (Fsp3) is 0.235. The molecule has 0 aromatic heterocycles. The van der Waals surface area contributed by atoms with E-state index in [-0.39, 0.29) is 13.1 Å². The molecule has 0 unspecified atom stereocenters. The Balaban J connectivity index is 2.09. The Hall–Kier alpha value is -2.09. The highest BCUT2D eigenvalue weighted by Crippen LogP contribution is 2.20. The number of nitrogens with one attached hydrogen (secondary N) is 1. The van der Waals surface area contributed by atoms with Gasteiger partial charge in [-0.25, -0.2) is 8.42 Å². The number of halogens is 1. The molecule has 8 heteroatoms. The van der Waals surface area contributed by atoms with Crippen LogP contribution in [-0.2, 0) is 21.4 Å². The van der Waals surface area contributed by atoms with Crippen LogP contribution < -0.4 is 10.1 Å². The molecule has 0 aliphatic rings. The molecular weight excluding hydrogens is 364 g/mol. The van der Waals surface area contributed by atoms with Gasteiger partial charge in [0, 0.05) is 6.54 Å². The van der Waals surface area contributed by atoms with E-state index < -0.39 is 15.9 Å². The van der Waals surface area contributed by atoms with Crippen LogP contribution in [0, 0.1) is 0 Å². The van der Waals surface area contributed by atoms with E-state index in [9.17, 15) is 13.2 Å². The van der Waals surface area contributed by atoms with Crippen LogP contribution in [0.2, 0.25) is 5.02 Å². The molecule has 0 fully saturated rings. The van der Waals surface area contributed by atoms with E-state index in [2.05, 4.69) is 5.32 Å². The number of nitrogens with zero attached hydrogens (tertiary/aromatic N) is 1. The van der Waals surface area contributed by atoms with Gasteiger partial charge < -0.3 is 10.1 Å². The van der Waals surface area contributed by atoms with Gasteiger partial charge in [-0.15, -0.1) is 0 Å². The average Bonchev–Trinajstić information content (AvgIpc) is 2.56. The molecule has 0 aliphatic carbocycles. The van der Waals surface area contributed by atoms with Crippen molar-refractivity contribution in [2.75, 3.05) is 25.2 Å². The fourth-order valence-electron chi connectivity index (χ4n) is 2.14. The lowest BCUT2D eigenvalue weighted by atomic mass is 10.2. The number of para-hydroxylation sites is 1. The standard InChI is InChI=1S/C17H19ClN2O4S/c1-24-14-9-7-13(8-10-14)11-20(25(2,22)23)12-17(21)19-16-6-4-3-5-15(16)18/h3-10H,11-12H2,1-2H3,(H,19,21). The van der Waals surface area contributed by atoms with E-state index >= 15 is 0 Å². The maximum absolute atomic E-state index is 12.2. The Bertz CT molecular complexity index is 838. The molecule has 0 radical (unpaired) electrons. The third-order valence-electron chi connectivity index (χ3n) is 3.45. The number of anilines is 1. The van der Waals surface area contributed by atoms with Gasteiger partial charge in [-0.3, -0.25) is 4.79 Å². The summed E-state index contributed by atoms with van der Waals surface area (Å²) in [7, 11) is -2.02. The summed E-state index contributed by atoms with van der Waals surface area (Å²) in [6.07, 6.45) is 1.07. The van der Waals surface area contributed by atoms with Crippen molar-refractivity contribution in [3.8, 4) is 5.75 Å². The van der Waals surface area contributed by atoms with Crippen molar-refractivity contribution >= 4 is 33.2 Å². The molecule has 1 amide bonds. The third-order valence-corrected chi connectivity index (χ3v) is 4.98. The van der Waals surface area contributed by atoms with Gasteiger partial charge in [0.15, 0.2) is 0 Å². The van der Waals surface area contributed by atoms with Crippen LogP contribution in [0.1, 0.15) is 5.56 Å². The molecule has 2 rings (SSSR count). The highest BCUT2D eigenvalue weighted by molar-refractivity contribution is 7.88. The number of sulfonamides is 1. The molecule has 6 nitrogen and oxygen atoms in total. The summed E-state index contributed by atoms with van der Waals surface area (Å²) >= 11 is 5.99.